The summed E-state index contributed by atoms with van der Waals surface area (Å²) in [6, 6.07) is 8.03. The first kappa shape index (κ1) is 14.3. The fourth-order valence-corrected chi connectivity index (χ4v) is 3.15. The lowest BCUT2D eigenvalue weighted by Crippen LogP contribution is -2.30. The van der Waals surface area contributed by atoms with Gasteiger partial charge >= 0.3 is 0 Å². The Balaban J connectivity index is 1.59. The molecular formula is C17H23N3O. The molecule has 1 saturated heterocycles. The van der Waals surface area contributed by atoms with E-state index in [2.05, 4.69) is 10.3 Å². The summed E-state index contributed by atoms with van der Waals surface area (Å²) in [4.78, 5) is 16.8. The molecule has 3 rings (SSSR count). The smallest absolute Gasteiger partial charge is 0.140 e. The van der Waals surface area contributed by atoms with Gasteiger partial charge in [0.1, 0.15) is 11.6 Å². The molecule has 1 atom stereocenters. The molecule has 0 aliphatic carbocycles. The number of nitrogens with one attached hydrogen (secondary N) is 1. The number of hydrogen-bond acceptors (Lipinski definition) is 3. The highest BCUT2D eigenvalue weighted by molar-refractivity contribution is 5.82. The lowest BCUT2D eigenvalue weighted by Gasteiger charge is -2.22. The van der Waals surface area contributed by atoms with Crippen molar-refractivity contribution in [3.05, 3.63) is 30.1 Å². The maximum atomic E-state index is 12.2. The van der Waals surface area contributed by atoms with Crippen molar-refractivity contribution >= 4 is 16.8 Å². The van der Waals surface area contributed by atoms with Gasteiger partial charge in [-0.2, -0.15) is 0 Å². The number of para-hydroxylation sites is 2. The third kappa shape index (κ3) is 3.32. The number of benzene rings is 1. The van der Waals surface area contributed by atoms with Crippen molar-refractivity contribution in [1.82, 2.24) is 14.9 Å². The molecule has 0 bridgehead atoms. The highest BCUT2D eigenvalue weighted by atomic mass is 16.1. The number of piperidine rings is 1. The minimum atomic E-state index is 0.305. The molecule has 1 aliphatic heterocycles. The first-order chi connectivity index (χ1) is 10.2. The quantitative estimate of drug-likeness (QED) is 0.918. The van der Waals surface area contributed by atoms with E-state index in [0.717, 1.165) is 36.4 Å². The van der Waals surface area contributed by atoms with Crippen LogP contribution < -0.4 is 5.32 Å². The maximum Gasteiger partial charge on any atom is 0.140 e. The van der Waals surface area contributed by atoms with Crippen LogP contribution in [0, 0.1) is 5.92 Å². The van der Waals surface area contributed by atoms with Crippen molar-refractivity contribution in [2.24, 2.45) is 13.0 Å². The van der Waals surface area contributed by atoms with Gasteiger partial charge in [0, 0.05) is 13.5 Å². The van der Waals surface area contributed by atoms with Crippen molar-refractivity contribution in [3.63, 3.8) is 0 Å². The Labute approximate surface area is 125 Å². The second-order valence-electron chi connectivity index (χ2n) is 6.04. The molecule has 1 aliphatic rings. The summed E-state index contributed by atoms with van der Waals surface area (Å²) in [5.74, 6) is 1.85. The summed E-state index contributed by atoms with van der Waals surface area (Å²) in [6.07, 6.45) is 4.63. The SMILES string of the molecule is Cn1c(CC(=O)CCC2CCCNC2)nc2ccccc21. The number of Topliss-reactive ketones (excluding diaryl/α,β-unsaturated/α-hetero) is 1. The number of hydrogen-bond donors (Lipinski definition) is 1. The number of carbonyl (C=O) groups is 1. The van der Waals surface area contributed by atoms with Crippen LogP contribution in [0.4, 0.5) is 0 Å². The van der Waals surface area contributed by atoms with E-state index >= 15 is 0 Å². The van der Waals surface area contributed by atoms with Gasteiger partial charge in [-0.05, 0) is 50.4 Å². The lowest BCUT2D eigenvalue weighted by atomic mass is 9.93. The zero-order valence-corrected chi connectivity index (χ0v) is 12.6. The molecular weight excluding hydrogens is 262 g/mol. The molecule has 1 aromatic heterocycles. The van der Waals surface area contributed by atoms with Gasteiger partial charge in [-0.25, -0.2) is 4.98 Å². The van der Waals surface area contributed by atoms with Crippen LogP contribution in [0.3, 0.4) is 0 Å². The van der Waals surface area contributed by atoms with Crippen LogP contribution in [0.15, 0.2) is 24.3 Å². The van der Waals surface area contributed by atoms with E-state index in [-0.39, 0.29) is 0 Å². The van der Waals surface area contributed by atoms with Gasteiger partial charge < -0.3 is 9.88 Å². The second kappa shape index (κ2) is 6.39. The first-order valence-corrected chi connectivity index (χ1v) is 7.87. The number of rotatable bonds is 5. The van der Waals surface area contributed by atoms with Crippen molar-refractivity contribution in [1.29, 1.82) is 0 Å². The Bertz CT molecular complexity index is 626. The minimum absolute atomic E-state index is 0.305. The fourth-order valence-electron chi connectivity index (χ4n) is 3.15. The lowest BCUT2D eigenvalue weighted by molar-refractivity contribution is -0.118. The molecule has 21 heavy (non-hydrogen) atoms. The predicted octanol–water partition coefficient (Wildman–Crippen LogP) is 2.46. The summed E-state index contributed by atoms with van der Waals surface area (Å²) >= 11 is 0. The van der Waals surface area contributed by atoms with Crippen molar-refractivity contribution in [2.45, 2.75) is 32.1 Å². The molecule has 1 fully saturated rings. The van der Waals surface area contributed by atoms with Gasteiger partial charge in [-0.15, -0.1) is 0 Å². The zero-order chi connectivity index (χ0) is 14.7. The molecule has 1 unspecified atom stereocenters. The summed E-state index contributed by atoms with van der Waals surface area (Å²) in [5.41, 5.74) is 2.07. The van der Waals surface area contributed by atoms with Gasteiger partial charge in [-0.1, -0.05) is 12.1 Å². The van der Waals surface area contributed by atoms with Crippen LogP contribution >= 0.6 is 0 Å². The Kier molecular flexibility index (Phi) is 4.34. The van der Waals surface area contributed by atoms with Crippen LogP contribution in [0.5, 0.6) is 0 Å². The largest absolute Gasteiger partial charge is 0.331 e. The molecule has 1 aromatic carbocycles. The molecule has 0 saturated carbocycles. The first-order valence-electron chi connectivity index (χ1n) is 7.87. The number of imidazole rings is 1. The van der Waals surface area contributed by atoms with E-state index in [1.807, 2.05) is 35.9 Å². The molecule has 1 N–H and O–H groups in total. The Morgan fingerprint density at radius 2 is 2.29 bits per heavy atom. The fraction of sp³-hybridized carbons (Fsp3) is 0.529. The highest BCUT2D eigenvalue weighted by Gasteiger charge is 2.16. The number of fused-ring (bicyclic) bond motifs is 1. The molecule has 0 spiro atoms. The Morgan fingerprint density at radius 1 is 1.43 bits per heavy atom. The topological polar surface area (TPSA) is 46.9 Å². The average molecular weight is 285 g/mol. The van der Waals surface area contributed by atoms with Crippen molar-refractivity contribution in [3.8, 4) is 0 Å². The third-order valence-corrected chi connectivity index (χ3v) is 4.47. The summed E-state index contributed by atoms with van der Waals surface area (Å²) < 4.78 is 2.04. The average Bonchev–Trinajstić information content (AvgIpc) is 2.83. The van der Waals surface area contributed by atoms with Gasteiger partial charge in [-0.3, -0.25) is 4.79 Å². The second-order valence-corrected chi connectivity index (χ2v) is 6.04. The van der Waals surface area contributed by atoms with Gasteiger partial charge in [0.05, 0.1) is 17.5 Å². The van der Waals surface area contributed by atoms with Crippen molar-refractivity contribution < 1.29 is 4.79 Å². The monoisotopic (exact) mass is 285 g/mol. The molecule has 0 radical (unpaired) electrons. The van der Waals surface area contributed by atoms with E-state index in [4.69, 9.17) is 0 Å². The van der Waals surface area contributed by atoms with Crippen LogP contribution in [0.2, 0.25) is 0 Å². The van der Waals surface area contributed by atoms with Crippen molar-refractivity contribution in [2.75, 3.05) is 13.1 Å². The summed E-state index contributed by atoms with van der Waals surface area (Å²) in [6.45, 7) is 2.20. The third-order valence-electron chi connectivity index (χ3n) is 4.47. The molecule has 2 aromatic rings. The Hall–Kier alpha value is -1.68. The molecule has 4 heteroatoms. The van der Waals surface area contributed by atoms with E-state index in [9.17, 15) is 4.79 Å². The van der Waals surface area contributed by atoms with E-state index < -0.39 is 0 Å². The van der Waals surface area contributed by atoms with Crippen LogP contribution in [-0.2, 0) is 18.3 Å². The summed E-state index contributed by atoms with van der Waals surface area (Å²) in [7, 11) is 1.99. The van der Waals surface area contributed by atoms with Gasteiger partial charge in [0.25, 0.3) is 0 Å². The number of nitrogens with zero attached hydrogens (tertiary/aromatic N) is 2. The van der Waals surface area contributed by atoms with E-state index in [1.165, 1.54) is 12.8 Å². The van der Waals surface area contributed by atoms with Crippen LogP contribution in [-0.4, -0.2) is 28.4 Å². The minimum Gasteiger partial charge on any atom is -0.331 e. The number of ketones is 1. The summed E-state index contributed by atoms with van der Waals surface area (Å²) in [5, 5.41) is 3.41. The van der Waals surface area contributed by atoms with E-state index in [0.29, 0.717) is 24.5 Å². The number of aromatic nitrogens is 2. The van der Waals surface area contributed by atoms with Crippen LogP contribution in [0.1, 0.15) is 31.5 Å². The van der Waals surface area contributed by atoms with Gasteiger partial charge in [0.2, 0.25) is 0 Å². The molecule has 0 amide bonds. The highest BCUT2D eigenvalue weighted by Crippen LogP contribution is 2.18. The van der Waals surface area contributed by atoms with Crippen LogP contribution in [0.25, 0.3) is 11.0 Å². The van der Waals surface area contributed by atoms with E-state index in [1.54, 1.807) is 0 Å². The predicted molar refractivity (Wildman–Crippen MR) is 84.3 cm³/mol. The normalized spacial score (nSPS) is 19.0. The molecule has 2 heterocycles. The molecule has 4 nitrogen and oxygen atoms in total. The Morgan fingerprint density at radius 3 is 3.05 bits per heavy atom. The number of aryl methyl sites for hydroxylation is 1. The molecule has 112 valence electrons. The maximum absolute atomic E-state index is 12.2. The number of carbonyl (C=O) groups excluding carboxylic acids is 1. The zero-order valence-electron chi connectivity index (χ0n) is 12.6. The van der Waals surface area contributed by atoms with Gasteiger partial charge in [0.15, 0.2) is 0 Å². The standard InChI is InChI=1S/C17H23N3O/c1-20-16-7-3-2-6-15(16)19-17(20)11-14(21)9-8-13-5-4-10-18-12-13/h2-3,6-7,13,18H,4-5,8-12H2,1H3.